The number of esters is 1. The molecule has 4 heteroatoms. The topological polar surface area (TPSA) is 44.8 Å². The van der Waals surface area contributed by atoms with Gasteiger partial charge in [0.2, 0.25) is 0 Å². The number of ether oxygens (including phenoxy) is 3. The van der Waals surface area contributed by atoms with Crippen LogP contribution in [0.15, 0.2) is 24.3 Å². The minimum Gasteiger partial charge on any atom is -0.494 e. The molecule has 0 bridgehead atoms. The average Bonchev–Trinajstić information content (AvgIpc) is 2.37. The molecule has 0 aliphatic rings. The molecule has 0 aliphatic heterocycles. The summed E-state index contributed by atoms with van der Waals surface area (Å²) in [6.45, 7) is 5.87. The fourth-order valence-electron chi connectivity index (χ4n) is 1.45. The molecule has 1 aromatic rings. The maximum atomic E-state index is 11.5. The largest absolute Gasteiger partial charge is 0.494 e. The molecule has 0 saturated heterocycles. The van der Waals surface area contributed by atoms with Crippen LogP contribution in [0.3, 0.4) is 0 Å². The molecule has 0 unspecified atom stereocenters. The van der Waals surface area contributed by atoms with Crippen LogP contribution in [-0.4, -0.2) is 32.4 Å². The van der Waals surface area contributed by atoms with Crippen molar-refractivity contribution >= 4 is 5.97 Å². The lowest BCUT2D eigenvalue weighted by Crippen LogP contribution is -2.12. The Morgan fingerprint density at radius 2 is 1.78 bits per heavy atom. The molecule has 0 amide bonds. The maximum Gasteiger partial charge on any atom is 0.310 e. The van der Waals surface area contributed by atoms with Crippen LogP contribution in [0, 0.1) is 0 Å². The first kappa shape index (κ1) is 14.5. The van der Waals surface area contributed by atoms with Crippen LogP contribution in [0.25, 0.3) is 0 Å². The van der Waals surface area contributed by atoms with Crippen molar-refractivity contribution in [1.82, 2.24) is 0 Å². The number of rotatable bonds is 8. The second-order valence-corrected chi connectivity index (χ2v) is 3.67. The highest BCUT2D eigenvalue weighted by molar-refractivity contribution is 5.72. The van der Waals surface area contributed by atoms with Gasteiger partial charge in [-0.3, -0.25) is 4.79 Å². The van der Waals surface area contributed by atoms with E-state index in [1.165, 1.54) is 0 Å². The van der Waals surface area contributed by atoms with E-state index in [1.807, 2.05) is 38.1 Å². The third-order valence-corrected chi connectivity index (χ3v) is 2.28. The zero-order valence-corrected chi connectivity index (χ0v) is 11.0. The van der Waals surface area contributed by atoms with E-state index in [2.05, 4.69) is 0 Å². The molecule has 0 radical (unpaired) electrons. The molecule has 0 spiro atoms. The molecule has 4 nitrogen and oxygen atoms in total. The van der Waals surface area contributed by atoms with Crippen LogP contribution in [-0.2, 0) is 20.7 Å². The van der Waals surface area contributed by atoms with Gasteiger partial charge in [0.1, 0.15) is 12.4 Å². The van der Waals surface area contributed by atoms with E-state index in [4.69, 9.17) is 14.2 Å². The Hall–Kier alpha value is -1.55. The van der Waals surface area contributed by atoms with Crippen LogP contribution < -0.4 is 4.74 Å². The van der Waals surface area contributed by atoms with Gasteiger partial charge in [0.05, 0.1) is 19.6 Å². The lowest BCUT2D eigenvalue weighted by Gasteiger charge is -2.06. The van der Waals surface area contributed by atoms with E-state index in [0.717, 1.165) is 11.3 Å². The summed E-state index contributed by atoms with van der Waals surface area (Å²) >= 11 is 0. The molecule has 0 aliphatic carbocycles. The van der Waals surface area contributed by atoms with Crippen molar-refractivity contribution in [2.45, 2.75) is 20.3 Å². The molecule has 0 atom stereocenters. The van der Waals surface area contributed by atoms with E-state index in [-0.39, 0.29) is 12.4 Å². The van der Waals surface area contributed by atoms with Crippen molar-refractivity contribution in [3.63, 3.8) is 0 Å². The SMILES string of the molecule is CCOCCOC(=O)Cc1ccc(OCC)cc1. The lowest BCUT2D eigenvalue weighted by atomic mass is 10.1. The quantitative estimate of drug-likeness (QED) is 0.525. The normalized spacial score (nSPS) is 10.1. The van der Waals surface area contributed by atoms with Crippen molar-refractivity contribution < 1.29 is 19.0 Å². The fraction of sp³-hybridized carbons (Fsp3) is 0.500. The van der Waals surface area contributed by atoms with Crippen LogP contribution in [0.4, 0.5) is 0 Å². The van der Waals surface area contributed by atoms with E-state index < -0.39 is 0 Å². The van der Waals surface area contributed by atoms with Gasteiger partial charge in [-0.2, -0.15) is 0 Å². The van der Waals surface area contributed by atoms with Crippen molar-refractivity contribution in [2.24, 2.45) is 0 Å². The molecule has 0 N–H and O–H groups in total. The van der Waals surface area contributed by atoms with Gasteiger partial charge < -0.3 is 14.2 Å². The molecular formula is C14H20O4. The Bertz CT molecular complexity index is 345. The van der Waals surface area contributed by atoms with Crippen LogP contribution >= 0.6 is 0 Å². The molecule has 1 rings (SSSR count). The lowest BCUT2D eigenvalue weighted by molar-refractivity contribution is -0.144. The molecular weight excluding hydrogens is 232 g/mol. The van der Waals surface area contributed by atoms with Crippen LogP contribution in [0.2, 0.25) is 0 Å². The third kappa shape index (κ3) is 5.68. The minimum absolute atomic E-state index is 0.237. The number of carbonyl (C=O) groups is 1. The van der Waals surface area contributed by atoms with Crippen molar-refractivity contribution in [3.8, 4) is 5.75 Å². The van der Waals surface area contributed by atoms with Crippen molar-refractivity contribution in [3.05, 3.63) is 29.8 Å². The summed E-state index contributed by atoms with van der Waals surface area (Å²) in [7, 11) is 0. The predicted molar refractivity (Wildman–Crippen MR) is 68.8 cm³/mol. The molecule has 100 valence electrons. The van der Waals surface area contributed by atoms with Gasteiger partial charge in [-0.1, -0.05) is 12.1 Å². The predicted octanol–water partition coefficient (Wildman–Crippen LogP) is 2.21. The standard InChI is InChI=1S/C14H20O4/c1-3-16-9-10-18-14(15)11-12-5-7-13(8-6-12)17-4-2/h5-8H,3-4,9-11H2,1-2H3. The number of benzene rings is 1. The van der Waals surface area contributed by atoms with Gasteiger partial charge in [-0.05, 0) is 31.5 Å². The van der Waals surface area contributed by atoms with E-state index >= 15 is 0 Å². The van der Waals surface area contributed by atoms with Crippen LogP contribution in [0.1, 0.15) is 19.4 Å². The number of hydrogen-bond acceptors (Lipinski definition) is 4. The molecule has 0 saturated carbocycles. The first-order valence-electron chi connectivity index (χ1n) is 6.21. The van der Waals surface area contributed by atoms with Crippen molar-refractivity contribution in [1.29, 1.82) is 0 Å². The van der Waals surface area contributed by atoms with Gasteiger partial charge >= 0.3 is 5.97 Å². The monoisotopic (exact) mass is 252 g/mol. The second kappa shape index (κ2) is 8.53. The zero-order chi connectivity index (χ0) is 13.2. The van der Waals surface area contributed by atoms with Gasteiger partial charge in [-0.15, -0.1) is 0 Å². The summed E-state index contributed by atoms with van der Waals surface area (Å²) in [5, 5.41) is 0. The molecule has 0 fully saturated rings. The summed E-state index contributed by atoms with van der Waals surface area (Å²) in [6.07, 6.45) is 0.276. The van der Waals surface area contributed by atoms with Gasteiger partial charge in [-0.25, -0.2) is 0 Å². The first-order chi connectivity index (χ1) is 8.76. The summed E-state index contributed by atoms with van der Waals surface area (Å²) < 4.78 is 15.4. The van der Waals surface area contributed by atoms with Gasteiger partial charge in [0.15, 0.2) is 0 Å². The van der Waals surface area contributed by atoms with Crippen LogP contribution in [0.5, 0.6) is 5.75 Å². The summed E-state index contributed by atoms with van der Waals surface area (Å²) in [6, 6.07) is 7.45. The Morgan fingerprint density at radius 1 is 1.06 bits per heavy atom. The van der Waals surface area contributed by atoms with E-state index in [0.29, 0.717) is 26.4 Å². The van der Waals surface area contributed by atoms with Crippen molar-refractivity contribution in [2.75, 3.05) is 26.4 Å². The Labute approximate surface area is 108 Å². The summed E-state index contributed by atoms with van der Waals surface area (Å²) in [4.78, 5) is 11.5. The summed E-state index contributed by atoms with van der Waals surface area (Å²) in [5.41, 5.74) is 0.917. The number of carbonyl (C=O) groups excluding carboxylic acids is 1. The minimum atomic E-state index is -0.237. The Balaban J connectivity index is 2.30. The van der Waals surface area contributed by atoms with Gasteiger partial charge in [0, 0.05) is 6.61 Å². The Kier molecular flexibility index (Phi) is 6.87. The van der Waals surface area contributed by atoms with E-state index in [9.17, 15) is 4.79 Å². The fourth-order valence-corrected chi connectivity index (χ4v) is 1.45. The second-order valence-electron chi connectivity index (χ2n) is 3.67. The number of hydrogen-bond donors (Lipinski definition) is 0. The molecule has 1 aromatic carbocycles. The molecule has 0 aromatic heterocycles. The van der Waals surface area contributed by atoms with E-state index in [1.54, 1.807) is 0 Å². The third-order valence-electron chi connectivity index (χ3n) is 2.28. The zero-order valence-electron chi connectivity index (χ0n) is 11.0. The highest BCUT2D eigenvalue weighted by Crippen LogP contribution is 2.12. The highest BCUT2D eigenvalue weighted by Gasteiger charge is 2.04. The Morgan fingerprint density at radius 3 is 2.39 bits per heavy atom. The average molecular weight is 252 g/mol. The molecule has 0 heterocycles. The molecule has 18 heavy (non-hydrogen) atoms. The summed E-state index contributed by atoms with van der Waals surface area (Å²) in [5.74, 6) is 0.574. The highest BCUT2D eigenvalue weighted by atomic mass is 16.6. The first-order valence-corrected chi connectivity index (χ1v) is 6.21. The van der Waals surface area contributed by atoms with Gasteiger partial charge in [0.25, 0.3) is 0 Å². The smallest absolute Gasteiger partial charge is 0.310 e. The maximum absolute atomic E-state index is 11.5.